The van der Waals surface area contributed by atoms with Gasteiger partial charge in [-0.25, -0.2) is 4.39 Å². The van der Waals surface area contributed by atoms with Gasteiger partial charge < -0.3 is 10.5 Å². The van der Waals surface area contributed by atoms with E-state index in [1.807, 2.05) is 6.92 Å². The Morgan fingerprint density at radius 2 is 1.95 bits per heavy atom. The summed E-state index contributed by atoms with van der Waals surface area (Å²) in [5.41, 5.74) is 6.93. The van der Waals surface area contributed by atoms with E-state index in [0.29, 0.717) is 22.8 Å². The van der Waals surface area contributed by atoms with Gasteiger partial charge in [-0.1, -0.05) is 29.8 Å². The fourth-order valence-electron chi connectivity index (χ4n) is 2.26. The lowest BCUT2D eigenvalue weighted by Crippen LogP contribution is -2.36. The SMILES string of the molecule is COc1ccc(Cl)cc1C(C)(N)Cc1ccccc1F. The third-order valence-corrected chi connectivity index (χ3v) is 3.53. The average Bonchev–Trinajstić information content (AvgIpc) is 2.41. The lowest BCUT2D eigenvalue weighted by molar-refractivity contribution is 0.384. The number of ether oxygens (including phenoxy) is 1. The Hall–Kier alpha value is -1.58. The van der Waals surface area contributed by atoms with E-state index in [1.165, 1.54) is 6.07 Å². The van der Waals surface area contributed by atoms with E-state index in [1.54, 1.807) is 43.5 Å². The predicted octanol–water partition coefficient (Wildman–Crippen LogP) is 3.90. The predicted molar refractivity (Wildman–Crippen MR) is 79.6 cm³/mol. The van der Waals surface area contributed by atoms with Crippen molar-refractivity contribution in [1.82, 2.24) is 0 Å². The standard InChI is InChI=1S/C16H17ClFNO/c1-16(19,10-11-5-3-4-6-14(11)18)13-9-12(17)7-8-15(13)20-2/h3-9H,10,19H2,1-2H3. The minimum Gasteiger partial charge on any atom is -0.496 e. The van der Waals surface area contributed by atoms with Crippen LogP contribution in [-0.4, -0.2) is 7.11 Å². The first-order chi connectivity index (χ1) is 9.44. The summed E-state index contributed by atoms with van der Waals surface area (Å²) in [4.78, 5) is 0. The van der Waals surface area contributed by atoms with E-state index in [4.69, 9.17) is 22.1 Å². The van der Waals surface area contributed by atoms with E-state index in [2.05, 4.69) is 0 Å². The van der Waals surface area contributed by atoms with E-state index < -0.39 is 5.54 Å². The number of methoxy groups -OCH3 is 1. The number of hydrogen-bond acceptors (Lipinski definition) is 2. The van der Waals surface area contributed by atoms with Gasteiger partial charge in [-0.3, -0.25) is 0 Å². The van der Waals surface area contributed by atoms with Crippen LogP contribution in [0, 0.1) is 5.82 Å². The molecule has 2 aromatic carbocycles. The molecule has 0 bridgehead atoms. The average molecular weight is 294 g/mol. The van der Waals surface area contributed by atoms with Crippen molar-refractivity contribution in [3.8, 4) is 5.75 Å². The molecular weight excluding hydrogens is 277 g/mol. The highest BCUT2D eigenvalue weighted by atomic mass is 35.5. The van der Waals surface area contributed by atoms with E-state index >= 15 is 0 Å². The Morgan fingerprint density at radius 3 is 2.60 bits per heavy atom. The van der Waals surface area contributed by atoms with Gasteiger partial charge in [-0.05, 0) is 43.2 Å². The molecule has 0 aliphatic rings. The molecule has 0 saturated heterocycles. The Morgan fingerprint density at radius 1 is 1.25 bits per heavy atom. The van der Waals surface area contributed by atoms with Crippen LogP contribution in [0.5, 0.6) is 5.75 Å². The van der Waals surface area contributed by atoms with Gasteiger partial charge in [-0.15, -0.1) is 0 Å². The van der Waals surface area contributed by atoms with Gasteiger partial charge in [0.25, 0.3) is 0 Å². The molecule has 106 valence electrons. The molecule has 0 saturated carbocycles. The van der Waals surface area contributed by atoms with Crippen LogP contribution in [0.4, 0.5) is 4.39 Å². The molecule has 20 heavy (non-hydrogen) atoms. The molecule has 0 fully saturated rings. The highest BCUT2D eigenvalue weighted by Gasteiger charge is 2.27. The number of hydrogen-bond donors (Lipinski definition) is 1. The number of rotatable bonds is 4. The largest absolute Gasteiger partial charge is 0.496 e. The molecule has 2 N–H and O–H groups in total. The lowest BCUT2D eigenvalue weighted by atomic mass is 9.86. The van der Waals surface area contributed by atoms with Crippen molar-refractivity contribution in [2.45, 2.75) is 18.9 Å². The van der Waals surface area contributed by atoms with Crippen molar-refractivity contribution in [3.05, 3.63) is 64.4 Å². The monoisotopic (exact) mass is 293 g/mol. The zero-order valence-corrected chi connectivity index (χ0v) is 12.2. The molecule has 1 atom stereocenters. The van der Waals surface area contributed by atoms with Gasteiger partial charge in [0, 0.05) is 16.1 Å². The zero-order valence-electron chi connectivity index (χ0n) is 11.5. The molecule has 0 aliphatic carbocycles. The van der Waals surface area contributed by atoms with Gasteiger partial charge in [-0.2, -0.15) is 0 Å². The smallest absolute Gasteiger partial charge is 0.126 e. The van der Waals surface area contributed by atoms with Gasteiger partial charge in [0.1, 0.15) is 11.6 Å². The van der Waals surface area contributed by atoms with Crippen LogP contribution in [0.1, 0.15) is 18.1 Å². The van der Waals surface area contributed by atoms with E-state index in [-0.39, 0.29) is 5.82 Å². The molecule has 0 aromatic heterocycles. The molecule has 1 unspecified atom stereocenters. The summed E-state index contributed by atoms with van der Waals surface area (Å²) >= 11 is 6.03. The molecule has 0 amide bonds. The Labute approximate surface area is 123 Å². The van der Waals surface area contributed by atoms with Crippen molar-refractivity contribution < 1.29 is 9.13 Å². The summed E-state index contributed by atoms with van der Waals surface area (Å²) < 4.78 is 19.1. The van der Waals surface area contributed by atoms with Crippen LogP contribution in [0.25, 0.3) is 0 Å². The zero-order chi connectivity index (χ0) is 14.8. The lowest BCUT2D eigenvalue weighted by Gasteiger charge is -2.27. The quantitative estimate of drug-likeness (QED) is 0.928. The minimum atomic E-state index is -0.779. The van der Waals surface area contributed by atoms with Crippen LogP contribution in [0.15, 0.2) is 42.5 Å². The number of halogens is 2. The third kappa shape index (κ3) is 3.11. The summed E-state index contributed by atoms with van der Waals surface area (Å²) in [5, 5.41) is 0.575. The maximum Gasteiger partial charge on any atom is 0.126 e. The van der Waals surface area contributed by atoms with Gasteiger partial charge in [0.05, 0.1) is 7.11 Å². The molecule has 0 aliphatic heterocycles. The Kier molecular flexibility index (Phi) is 4.31. The van der Waals surface area contributed by atoms with Gasteiger partial charge in [0.2, 0.25) is 0 Å². The molecular formula is C16H17ClFNO. The number of benzene rings is 2. The van der Waals surface area contributed by atoms with Crippen LogP contribution < -0.4 is 10.5 Å². The third-order valence-electron chi connectivity index (χ3n) is 3.29. The topological polar surface area (TPSA) is 35.2 Å². The highest BCUT2D eigenvalue weighted by Crippen LogP contribution is 2.33. The fraction of sp³-hybridized carbons (Fsp3) is 0.250. The molecule has 0 radical (unpaired) electrons. The minimum absolute atomic E-state index is 0.259. The van der Waals surface area contributed by atoms with Crippen molar-refractivity contribution >= 4 is 11.6 Å². The normalized spacial score (nSPS) is 13.8. The van der Waals surface area contributed by atoms with Crippen molar-refractivity contribution in [2.24, 2.45) is 5.73 Å². The highest BCUT2D eigenvalue weighted by molar-refractivity contribution is 6.30. The van der Waals surface area contributed by atoms with Crippen molar-refractivity contribution in [3.63, 3.8) is 0 Å². The molecule has 2 rings (SSSR count). The second-order valence-corrected chi connectivity index (χ2v) is 5.47. The van der Waals surface area contributed by atoms with Crippen LogP contribution >= 0.6 is 11.6 Å². The summed E-state index contributed by atoms with van der Waals surface area (Å²) in [5.74, 6) is 0.390. The van der Waals surface area contributed by atoms with Crippen LogP contribution in [0.2, 0.25) is 5.02 Å². The first-order valence-corrected chi connectivity index (χ1v) is 6.68. The van der Waals surface area contributed by atoms with Gasteiger partial charge >= 0.3 is 0 Å². The molecule has 0 spiro atoms. The number of nitrogens with two attached hydrogens (primary N) is 1. The van der Waals surface area contributed by atoms with E-state index in [0.717, 1.165) is 5.56 Å². The molecule has 2 aromatic rings. The van der Waals surface area contributed by atoms with Crippen molar-refractivity contribution in [1.29, 1.82) is 0 Å². The second-order valence-electron chi connectivity index (χ2n) is 5.03. The van der Waals surface area contributed by atoms with E-state index in [9.17, 15) is 4.39 Å². The molecule has 0 heterocycles. The Balaban J connectivity index is 2.40. The fourth-order valence-corrected chi connectivity index (χ4v) is 2.43. The first kappa shape index (κ1) is 14.8. The summed E-state index contributed by atoms with van der Waals surface area (Å²) in [6.07, 6.45) is 0.358. The first-order valence-electron chi connectivity index (χ1n) is 6.30. The summed E-state index contributed by atoms with van der Waals surface area (Å²) in [6.45, 7) is 1.84. The van der Waals surface area contributed by atoms with Gasteiger partial charge in [0.15, 0.2) is 0 Å². The Bertz CT molecular complexity index is 613. The maximum absolute atomic E-state index is 13.8. The van der Waals surface area contributed by atoms with Crippen LogP contribution in [0.3, 0.4) is 0 Å². The summed E-state index contributed by atoms with van der Waals surface area (Å²) in [7, 11) is 1.58. The summed E-state index contributed by atoms with van der Waals surface area (Å²) in [6, 6.07) is 11.9. The maximum atomic E-state index is 13.8. The molecule has 4 heteroatoms. The van der Waals surface area contributed by atoms with Crippen LogP contribution in [-0.2, 0) is 12.0 Å². The second kappa shape index (κ2) is 5.81. The molecule has 2 nitrogen and oxygen atoms in total. The van der Waals surface area contributed by atoms with Crippen molar-refractivity contribution in [2.75, 3.05) is 7.11 Å².